The second-order valence-corrected chi connectivity index (χ2v) is 4.95. The Balaban J connectivity index is 2.02. The van der Waals surface area contributed by atoms with Crippen LogP contribution < -0.4 is 5.32 Å². The van der Waals surface area contributed by atoms with Crippen molar-refractivity contribution < 1.29 is 5.11 Å². The van der Waals surface area contributed by atoms with Gasteiger partial charge in [-0.2, -0.15) is 5.26 Å². The Labute approximate surface area is 119 Å². The van der Waals surface area contributed by atoms with E-state index in [0.29, 0.717) is 12.1 Å². The minimum atomic E-state index is -0.550. The standard InChI is InChI=1S/C17H18N2O/c1-12-3-4-13(2)16(9-12)17(20)11-19-15-7-5-14(10-18)6-8-15/h3-9,17,19-20H,11H2,1-2H3. The number of nitrogens with one attached hydrogen (secondary N) is 1. The highest BCUT2D eigenvalue weighted by Crippen LogP contribution is 2.20. The van der Waals surface area contributed by atoms with E-state index in [1.165, 1.54) is 0 Å². The molecule has 102 valence electrons. The van der Waals surface area contributed by atoms with Gasteiger partial charge < -0.3 is 10.4 Å². The highest BCUT2D eigenvalue weighted by molar-refractivity contribution is 5.47. The van der Waals surface area contributed by atoms with E-state index in [2.05, 4.69) is 11.4 Å². The number of aliphatic hydroxyl groups is 1. The van der Waals surface area contributed by atoms with Crippen molar-refractivity contribution in [3.8, 4) is 6.07 Å². The molecule has 0 aliphatic carbocycles. The van der Waals surface area contributed by atoms with E-state index < -0.39 is 6.10 Å². The van der Waals surface area contributed by atoms with Gasteiger partial charge in [0.25, 0.3) is 0 Å². The largest absolute Gasteiger partial charge is 0.387 e. The van der Waals surface area contributed by atoms with Gasteiger partial charge >= 0.3 is 0 Å². The van der Waals surface area contributed by atoms with Gasteiger partial charge in [0.15, 0.2) is 0 Å². The first-order chi connectivity index (χ1) is 9.60. The summed E-state index contributed by atoms with van der Waals surface area (Å²) in [6, 6.07) is 15.4. The SMILES string of the molecule is Cc1ccc(C)c(C(O)CNc2ccc(C#N)cc2)c1. The molecule has 20 heavy (non-hydrogen) atoms. The molecule has 3 nitrogen and oxygen atoms in total. The number of hydrogen-bond acceptors (Lipinski definition) is 3. The monoisotopic (exact) mass is 266 g/mol. The molecular formula is C17H18N2O. The van der Waals surface area contributed by atoms with Gasteiger partial charge in [0, 0.05) is 12.2 Å². The first kappa shape index (κ1) is 14.1. The molecule has 0 aliphatic rings. The average molecular weight is 266 g/mol. The molecule has 0 aliphatic heterocycles. The van der Waals surface area contributed by atoms with Crippen molar-refractivity contribution in [2.45, 2.75) is 20.0 Å². The summed E-state index contributed by atoms with van der Waals surface area (Å²) >= 11 is 0. The third-order valence-corrected chi connectivity index (χ3v) is 3.31. The van der Waals surface area contributed by atoms with E-state index in [9.17, 15) is 5.11 Å². The summed E-state index contributed by atoms with van der Waals surface area (Å²) in [5.74, 6) is 0. The molecule has 2 rings (SSSR count). The topological polar surface area (TPSA) is 56.0 Å². The predicted octanol–water partition coefficient (Wildman–Crippen LogP) is 3.32. The van der Waals surface area contributed by atoms with Gasteiger partial charge in [-0.15, -0.1) is 0 Å². The van der Waals surface area contributed by atoms with Gasteiger partial charge in [-0.3, -0.25) is 0 Å². The molecule has 1 atom stereocenters. The molecule has 0 saturated carbocycles. The smallest absolute Gasteiger partial charge is 0.0991 e. The van der Waals surface area contributed by atoms with E-state index in [-0.39, 0.29) is 0 Å². The highest BCUT2D eigenvalue weighted by atomic mass is 16.3. The van der Waals surface area contributed by atoms with Gasteiger partial charge in [0.2, 0.25) is 0 Å². The first-order valence-corrected chi connectivity index (χ1v) is 6.59. The number of hydrogen-bond donors (Lipinski definition) is 2. The van der Waals surface area contributed by atoms with Gasteiger partial charge in [-0.05, 0) is 49.2 Å². The van der Waals surface area contributed by atoms with Crippen LogP contribution in [-0.4, -0.2) is 11.7 Å². The molecule has 0 spiro atoms. The zero-order valence-corrected chi connectivity index (χ0v) is 11.7. The molecule has 0 heterocycles. The Bertz CT molecular complexity index is 626. The molecule has 2 N–H and O–H groups in total. The average Bonchev–Trinajstić information content (AvgIpc) is 2.47. The third kappa shape index (κ3) is 3.37. The van der Waals surface area contributed by atoms with E-state index in [1.807, 2.05) is 44.2 Å². The predicted molar refractivity (Wildman–Crippen MR) is 80.5 cm³/mol. The molecule has 0 aromatic heterocycles. The van der Waals surface area contributed by atoms with Crippen molar-refractivity contribution >= 4 is 5.69 Å². The fraction of sp³-hybridized carbons (Fsp3) is 0.235. The number of nitrogens with zero attached hydrogens (tertiary/aromatic N) is 1. The Morgan fingerprint density at radius 1 is 1.15 bits per heavy atom. The van der Waals surface area contributed by atoms with E-state index >= 15 is 0 Å². The van der Waals surface area contributed by atoms with Gasteiger partial charge in [-0.25, -0.2) is 0 Å². The normalized spacial score (nSPS) is 11.7. The Hall–Kier alpha value is -2.31. The Morgan fingerprint density at radius 2 is 1.85 bits per heavy atom. The van der Waals surface area contributed by atoms with E-state index in [1.54, 1.807) is 12.1 Å². The first-order valence-electron chi connectivity index (χ1n) is 6.59. The quantitative estimate of drug-likeness (QED) is 0.892. The van der Waals surface area contributed by atoms with Gasteiger partial charge in [-0.1, -0.05) is 23.8 Å². The van der Waals surface area contributed by atoms with E-state index in [4.69, 9.17) is 5.26 Å². The lowest BCUT2D eigenvalue weighted by molar-refractivity contribution is 0.191. The number of nitriles is 1. The number of aryl methyl sites for hydroxylation is 2. The summed E-state index contributed by atoms with van der Waals surface area (Å²) in [6.07, 6.45) is -0.550. The molecule has 3 heteroatoms. The fourth-order valence-electron chi connectivity index (χ4n) is 2.11. The summed E-state index contributed by atoms with van der Waals surface area (Å²) in [5, 5.41) is 22.2. The number of anilines is 1. The third-order valence-electron chi connectivity index (χ3n) is 3.31. The molecule has 0 amide bonds. The van der Waals surface area contributed by atoms with Crippen molar-refractivity contribution in [3.05, 3.63) is 64.7 Å². The number of benzene rings is 2. The maximum Gasteiger partial charge on any atom is 0.0991 e. The highest BCUT2D eigenvalue weighted by Gasteiger charge is 2.10. The Kier molecular flexibility index (Phi) is 4.39. The fourth-order valence-corrected chi connectivity index (χ4v) is 2.11. The number of aliphatic hydroxyl groups excluding tert-OH is 1. The van der Waals surface area contributed by atoms with Crippen LogP contribution in [0.25, 0.3) is 0 Å². The molecular weight excluding hydrogens is 248 g/mol. The van der Waals surface area contributed by atoms with Crippen LogP contribution in [0.5, 0.6) is 0 Å². The maximum absolute atomic E-state index is 10.3. The summed E-state index contributed by atoms with van der Waals surface area (Å²) < 4.78 is 0. The molecule has 2 aromatic carbocycles. The summed E-state index contributed by atoms with van der Waals surface area (Å²) in [4.78, 5) is 0. The molecule has 2 aromatic rings. The second kappa shape index (κ2) is 6.23. The van der Waals surface area contributed by atoms with Crippen LogP contribution in [0.3, 0.4) is 0 Å². The minimum Gasteiger partial charge on any atom is -0.387 e. The number of rotatable bonds is 4. The molecule has 1 unspecified atom stereocenters. The Morgan fingerprint density at radius 3 is 2.50 bits per heavy atom. The van der Waals surface area contributed by atoms with E-state index in [0.717, 1.165) is 22.4 Å². The van der Waals surface area contributed by atoms with Crippen LogP contribution in [0.15, 0.2) is 42.5 Å². The van der Waals surface area contributed by atoms with Crippen molar-refractivity contribution in [1.82, 2.24) is 0 Å². The lowest BCUT2D eigenvalue weighted by atomic mass is 10.0. The lowest BCUT2D eigenvalue weighted by Gasteiger charge is -2.16. The van der Waals surface area contributed by atoms with Crippen molar-refractivity contribution in [2.24, 2.45) is 0 Å². The van der Waals surface area contributed by atoms with Gasteiger partial charge in [0.05, 0.1) is 17.7 Å². The zero-order chi connectivity index (χ0) is 14.5. The van der Waals surface area contributed by atoms with Crippen LogP contribution >= 0.6 is 0 Å². The minimum absolute atomic E-state index is 0.441. The van der Waals surface area contributed by atoms with Crippen molar-refractivity contribution in [3.63, 3.8) is 0 Å². The summed E-state index contributed by atoms with van der Waals surface area (Å²) in [7, 11) is 0. The molecule has 0 saturated heterocycles. The zero-order valence-electron chi connectivity index (χ0n) is 11.7. The molecule has 0 radical (unpaired) electrons. The molecule has 0 bridgehead atoms. The second-order valence-electron chi connectivity index (χ2n) is 4.95. The van der Waals surface area contributed by atoms with Crippen molar-refractivity contribution in [2.75, 3.05) is 11.9 Å². The van der Waals surface area contributed by atoms with Crippen molar-refractivity contribution in [1.29, 1.82) is 5.26 Å². The van der Waals surface area contributed by atoms with Crippen LogP contribution in [0.2, 0.25) is 0 Å². The van der Waals surface area contributed by atoms with Crippen LogP contribution in [0.1, 0.15) is 28.4 Å². The van der Waals surface area contributed by atoms with Crippen LogP contribution in [0.4, 0.5) is 5.69 Å². The molecule has 0 fully saturated rings. The van der Waals surface area contributed by atoms with Crippen LogP contribution in [-0.2, 0) is 0 Å². The maximum atomic E-state index is 10.3. The summed E-state index contributed by atoms with van der Waals surface area (Å²) in [5.41, 5.74) is 4.71. The lowest BCUT2D eigenvalue weighted by Crippen LogP contribution is -2.13. The van der Waals surface area contributed by atoms with Gasteiger partial charge in [0.1, 0.15) is 0 Å². The summed E-state index contributed by atoms with van der Waals surface area (Å²) in [6.45, 7) is 4.46. The van der Waals surface area contributed by atoms with Crippen LogP contribution in [0, 0.1) is 25.2 Å².